The van der Waals surface area contributed by atoms with Gasteiger partial charge in [0, 0.05) is 16.2 Å². The number of carbonyl (C=O) groups is 1. The highest BCUT2D eigenvalue weighted by Crippen LogP contribution is 2.60. The summed E-state index contributed by atoms with van der Waals surface area (Å²) >= 11 is 0. The highest BCUT2D eigenvalue weighted by atomic mass is 16.7. The number of hydrogen-bond acceptors (Lipinski definition) is 3. The van der Waals surface area contributed by atoms with Crippen LogP contribution in [0.5, 0.6) is 0 Å². The van der Waals surface area contributed by atoms with Gasteiger partial charge in [-0.25, -0.2) is 4.79 Å². The van der Waals surface area contributed by atoms with Crippen LogP contribution in [-0.4, -0.2) is 11.8 Å². The third-order valence-electron chi connectivity index (χ3n) is 6.19. The van der Waals surface area contributed by atoms with Crippen molar-refractivity contribution in [2.75, 3.05) is 5.32 Å². The van der Waals surface area contributed by atoms with Crippen molar-refractivity contribution in [1.82, 2.24) is 0 Å². The zero-order valence-corrected chi connectivity index (χ0v) is 15.0. The average molecular weight is 336 g/mol. The SMILES string of the molecule is CC1(C)/C(=N/OC(=O)Nc2cccc3ccccc23)[C@]2(C)CC[C@H]1C2. The van der Waals surface area contributed by atoms with Crippen molar-refractivity contribution in [1.29, 1.82) is 0 Å². The first-order chi connectivity index (χ1) is 11.9. The second-order valence-electron chi connectivity index (χ2n) is 8.19. The number of amides is 1. The fourth-order valence-corrected chi connectivity index (χ4v) is 4.83. The van der Waals surface area contributed by atoms with E-state index >= 15 is 0 Å². The molecule has 25 heavy (non-hydrogen) atoms. The van der Waals surface area contributed by atoms with Gasteiger partial charge in [0.15, 0.2) is 0 Å². The molecule has 2 bridgehead atoms. The van der Waals surface area contributed by atoms with Crippen LogP contribution in [0, 0.1) is 16.7 Å². The van der Waals surface area contributed by atoms with E-state index in [1.54, 1.807) is 0 Å². The van der Waals surface area contributed by atoms with Crippen LogP contribution < -0.4 is 5.32 Å². The van der Waals surface area contributed by atoms with Gasteiger partial charge < -0.3 is 0 Å². The fourth-order valence-electron chi connectivity index (χ4n) is 4.83. The Hall–Kier alpha value is -2.36. The highest BCUT2D eigenvalue weighted by molar-refractivity contribution is 6.01. The van der Waals surface area contributed by atoms with Gasteiger partial charge in [-0.05, 0) is 36.6 Å². The van der Waals surface area contributed by atoms with E-state index in [1.165, 1.54) is 6.42 Å². The molecule has 0 aromatic heterocycles. The lowest BCUT2D eigenvalue weighted by Gasteiger charge is -2.34. The topological polar surface area (TPSA) is 50.7 Å². The fraction of sp³-hybridized carbons (Fsp3) is 0.429. The number of anilines is 1. The van der Waals surface area contributed by atoms with Crippen LogP contribution in [0.1, 0.15) is 40.0 Å². The summed E-state index contributed by atoms with van der Waals surface area (Å²) in [5, 5.41) is 9.20. The monoisotopic (exact) mass is 336 g/mol. The van der Waals surface area contributed by atoms with Gasteiger partial charge in [-0.2, -0.15) is 0 Å². The Morgan fingerprint density at radius 2 is 1.92 bits per heavy atom. The number of carbonyl (C=O) groups excluding carboxylic acids is 1. The summed E-state index contributed by atoms with van der Waals surface area (Å²) in [7, 11) is 0. The summed E-state index contributed by atoms with van der Waals surface area (Å²) in [6.07, 6.45) is 2.98. The minimum Gasteiger partial charge on any atom is -0.298 e. The van der Waals surface area contributed by atoms with Gasteiger partial charge in [0.25, 0.3) is 0 Å². The summed E-state index contributed by atoms with van der Waals surface area (Å²) in [4.78, 5) is 17.6. The normalized spacial score (nSPS) is 28.4. The Balaban J connectivity index is 1.53. The third-order valence-corrected chi connectivity index (χ3v) is 6.19. The Labute approximate surface area is 148 Å². The van der Waals surface area contributed by atoms with Gasteiger partial charge in [-0.15, -0.1) is 0 Å². The van der Waals surface area contributed by atoms with Crippen molar-refractivity contribution >= 4 is 28.3 Å². The largest absolute Gasteiger partial charge is 0.437 e. The Morgan fingerprint density at radius 1 is 1.16 bits per heavy atom. The maximum absolute atomic E-state index is 12.3. The lowest BCUT2D eigenvalue weighted by Crippen LogP contribution is -2.36. The predicted molar refractivity (Wildman–Crippen MR) is 101 cm³/mol. The molecular weight excluding hydrogens is 312 g/mol. The minimum absolute atomic E-state index is 0.00667. The first-order valence-electron chi connectivity index (χ1n) is 8.95. The molecule has 0 saturated heterocycles. The summed E-state index contributed by atoms with van der Waals surface area (Å²) in [6.45, 7) is 6.67. The van der Waals surface area contributed by atoms with Crippen LogP contribution in [0.25, 0.3) is 10.8 Å². The molecule has 0 aliphatic heterocycles. The molecule has 2 aliphatic rings. The number of fused-ring (bicyclic) bond motifs is 3. The molecule has 2 fully saturated rings. The number of rotatable bonds is 2. The molecular formula is C21H24N2O2. The van der Waals surface area contributed by atoms with E-state index in [0.29, 0.717) is 5.92 Å². The van der Waals surface area contributed by atoms with Crippen molar-refractivity contribution < 1.29 is 9.63 Å². The number of nitrogens with zero attached hydrogens (tertiary/aromatic N) is 1. The second kappa shape index (κ2) is 5.58. The quantitative estimate of drug-likeness (QED) is 0.574. The van der Waals surface area contributed by atoms with Gasteiger partial charge in [-0.3, -0.25) is 10.2 Å². The van der Waals surface area contributed by atoms with Crippen molar-refractivity contribution in [3.05, 3.63) is 42.5 Å². The van der Waals surface area contributed by atoms with E-state index in [4.69, 9.17) is 4.84 Å². The molecule has 2 atom stereocenters. The van der Waals surface area contributed by atoms with Crippen LogP contribution in [0.4, 0.5) is 10.5 Å². The van der Waals surface area contributed by atoms with Crippen LogP contribution >= 0.6 is 0 Å². The average Bonchev–Trinajstić information content (AvgIpc) is 3.06. The molecule has 1 amide bonds. The van der Waals surface area contributed by atoms with E-state index in [1.807, 2.05) is 42.5 Å². The van der Waals surface area contributed by atoms with E-state index in [2.05, 4.69) is 31.2 Å². The van der Waals surface area contributed by atoms with Gasteiger partial charge in [0.05, 0.1) is 11.4 Å². The third kappa shape index (κ3) is 2.60. The summed E-state index contributed by atoms with van der Waals surface area (Å²) in [5.41, 5.74) is 1.85. The maximum atomic E-state index is 12.3. The molecule has 1 N–H and O–H groups in total. The Kier molecular flexibility index (Phi) is 3.60. The smallest absolute Gasteiger partial charge is 0.298 e. The number of nitrogens with one attached hydrogen (secondary N) is 1. The molecule has 2 aliphatic carbocycles. The van der Waals surface area contributed by atoms with E-state index < -0.39 is 6.09 Å². The van der Waals surface area contributed by atoms with Gasteiger partial charge in [0.2, 0.25) is 0 Å². The van der Waals surface area contributed by atoms with Crippen LogP contribution in [0.15, 0.2) is 47.6 Å². The molecule has 0 unspecified atom stereocenters. The lowest BCUT2D eigenvalue weighted by molar-refractivity contribution is 0.162. The summed E-state index contributed by atoms with van der Waals surface area (Å²) < 4.78 is 0. The van der Waals surface area contributed by atoms with E-state index in [-0.39, 0.29) is 10.8 Å². The van der Waals surface area contributed by atoms with Crippen molar-refractivity contribution in [2.24, 2.45) is 21.9 Å². The molecule has 4 rings (SSSR count). The van der Waals surface area contributed by atoms with Crippen molar-refractivity contribution in [3.63, 3.8) is 0 Å². The number of oxime groups is 1. The Morgan fingerprint density at radius 3 is 2.68 bits per heavy atom. The molecule has 0 radical (unpaired) electrons. The van der Waals surface area contributed by atoms with E-state index in [0.717, 1.165) is 35.0 Å². The van der Waals surface area contributed by atoms with Crippen LogP contribution in [-0.2, 0) is 4.84 Å². The number of benzene rings is 2. The Bertz CT molecular complexity index is 859. The molecule has 0 spiro atoms. The molecule has 130 valence electrons. The molecule has 4 nitrogen and oxygen atoms in total. The molecule has 4 heteroatoms. The molecule has 2 saturated carbocycles. The molecule has 0 heterocycles. The van der Waals surface area contributed by atoms with Gasteiger partial charge in [0.1, 0.15) is 0 Å². The predicted octanol–water partition coefficient (Wildman–Crippen LogP) is 5.59. The zero-order valence-electron chi connectivity index (χ0n) is 15.0. The molecule has 2 aromatic rings. The van der Waals surface area contributed by atoms with Gasteiger partial charge >= 0.3 is 6.09 Å². The lowest BCUT2D eigenvalue weighted by atomic mass is 9.71. The highest BCUT2D eigenvalue weighted by Gasteiger charge is 2.57. The van der Waals surface area contributed by atoms with Crippen molar-refractivity contribution in [3.8, 4) is 0 Å². The standard InChI is InChI=1S/C21H24N2O2/c1-20(2)15-11-12-21(3,13-15)18(20)23-25-19(24)22-17-10-6-8-14-7-4-5-9-16(14)17/h4-10,15H,11-13H2,1-3H3,(H,22,24)/b23-18-/t15-,21+/m0/s1. The molecule has 2 aromatic carbocycles. The zero-order chi connectivity index (χ0) is 17.7. The number of hydrogen-bond donors (Lipinski definition) is 1. The first-order valence-corrected chi connectivity index (χ1v) is 8.95. The second-order valence-corrected chi connectivity index (χ2v) is 8.19. The van der Waals surface area contributed by atoms with E-state index in [9.17, 15) is 4.79 Å². The van der Waals surface area contributed by atoms with Gasteiger partial charge in [-0.1, -0.05) is 62.3 Å². The summed E-state index contributed by atoms with van der Waals surface area (Å²) in [5.74, 6) is 0.640. The first kappa shape index (κ1) is 16.1. The van der Waals surface area contributed by atoms with Crippen molar-refractivity contribution in [2.45, 2.75) is 40.0 Å². The van der Waals surface area contributed by atoms with Crippen LogP contribution in [0.3, 0.4) is 0 Å². The summed E-state index contributed by atoms with van der Waals surface area (Å²) in [6, 6.07) is 13.8. The minimum atomic E-state index is -0.536. The van der Waals surface area contributed by atoms with Crippen LogP contribution in [0.2, 0.25) is 0 Å². The maximum Gasteiger partial charge on any atom is 0.437 e.